The van der Waals surface area contributed by atoms with Crippen molar-refractivity contribution in [2.75, 3.05) is 0 Å². The van der Waals surface area contributed by atoms with E-state index in [0.29, 0.717) is 5.92 Å². The van der Waals surface area contributed by atoms with E-state index < -0.39 is 0 Å². The molecule has 0 spiro atoms. The van der Waals surface area contributed by atoms with Crippen molar-refractivity contribution in [2.24, 2.45) is 5.92 Å². The van der Waals surface area contributed by atoms with Gasteiger partial charge in [0.2, 0.25) is 0 Å². The number of hydrogen-bond acceptors (Lipinski definition) is 1. The molecule has 0 saturated heterocycles. The van der Waals surface area contributed by atoms with Crippen molar-refractivity contribution < 1.29 is 5.11 Å². The van der Waals surface area contributed by atoms with Crippen molar-refractivity contribution in [2.45, 2.75) is 96.5 Å². The Bertz CT molecular complexity index is 186. The highest BCUT2D eigenvalue weighted by Crippen LogP contribution is 2.41. The molecular formula is C16H32O. The van der Waals surface area contributed by atoms with Gasteiger partial charge in [0.05, 0.1) is 5.60 Å². The van der Waals surface area contributed by atoms with E-state index >= 15 is 0 Å². The summed E-state index contributed by atoms with van der Waals surface area (Å²) < 4.78 is 0. The zero-order valence-electron chi connectivity index (χ0n) is 12.0. The number of aliphatic hydroxyl groups is 1. The first kappa shape index (κ1) is 15.0. The summed E-state index contributed by atoms with van der Waals surface area (Å²) in [7, 11) is 0. The minimum Gasteiger partial charge on any atom is -0.390 e. The van der Waals surface area contributed by atoms with Crippen LogP contribution in [0.2, 0.25) is 0 Å². The molecule has 102 valence electrons. The van der Waals surface area contributed by atoms with Crippen molar-refractivity contribution in [3.05, 3.63) is 0 Å². The molecule has 2 atom stereocenters. The van der Waals surface area contributed by atoms with Crippen molar-refractivity contribution in [3.8, 4) is 0 Å². The fourth-order valence-electron chi connectivity index (χ4n) is 2.92. The second-order valence-electron chi connectivity index (χ2n) is 6.21. The van der Waals surface area contributed by atoms with E-state index in [4.69, 9.17) is 0 Å². The Morgan fingerprint density at radius 2 is 1.47 bits per heavy atom. The second-order valence-corrected chi connectivity index (χ2v) is 6.21. The van der Waals surface area contributed by atoms with Crippen LogP contribution < -0.4 is 0 Å². The van der Waals surface area contributed by atoms with Crippen LogP contribution in [0, 0.1) is 5.92 Å². The topological polar surface area (TPSA) is 20.2 Å². The van der Waals surface area contributed by atoms with Crippen LogP contribution in [0.15, 0.2) is 0 Å². The van der Waals surface area contributed by atoms with Gasteiger partial charge < -0.3 is 5.11 Å². The molecule has 1 aliphatic rings. The molecule has 2 unspecified atom stereocenters. The van der Waals surface area contributed by atoms with Gasteiger partial charge in [-0.05, 0) is 32.1 Å². The van der Waals surface area contributed by atoms with Gasteiger partial charge in [-0.2, -0.15) is 0 Å². The Labute approximate surface area is 108 Å². The molecule has 0 aromatic heterocycles. The number of unbranched alkanes of at least 4 members (excludes halogenated alkanes) is 8. The average Bonchev–Trinajstić information content (AvgIpc) is 2.30. The SMILES string of the molecule is CCCCCCCCCCCC1CCC1(C)O. The van der Waals surface area contributed by atoms with E-state index in [9.17, 15) is 5.11 Å². The van der Waals surface area contributed by atoms with Crippen LogP contribution in [0.5, 0.6) is 0 Å². The van der Waals surface area contributed by atoms with Gasteiger partial charge in [-0.3, -0.25) is 0 Å². The highest BCUT2D eigenvalue weighted by atomic mass is 16.3. The Morgan fingerprint density at radius 3 is 1.88 bits per heavy atom. The van der Waals surface area contributed by atoms with E-state index in [1.54, 1.807) is 0 Å². The molecule has 1 aliphatic carbocycles. The Balaban J connectivity index is 1.79. The third-order valence-corrected chi connectivity index (χ3v) is 4.53. The summed E-state index contributed by atoms with van der Waals surface area (Å²) in [4.78, 5) is 0. The molecule has 0 aromatic carbocycles. The summed E-state index contributed by atoms with van der Waals surface area (Å²) in [6, 6.07) is 0. The van der Waals surface area contributed by atoms with Crippen molar-refractivity contribution in [1.82, 2.24) is 0 Å². The lowest BCUT2D eigenvalue weighted by atomic mass is 9.68. The molecule has 1 fully saturated rings. The van der Waals surface area contributed by atoms with E-state index in [1.807, 2.05) is 6.92 Å². The number of rotatable bonds is 10. The second kappa shape index (κ2) is 8.13. The molecular weight excluding hydrogens is 208 g/mol. The monoisotopic (exact) mass is 240 g/mol. The quantitative estimate of drug-likeness (QED) is 0.529. The minimum atomic E-state index is -0.319. The van der Waals surface area contributed by atoms with E-state index in [0.717, 1.165) is 6.42 Å². The predicted octanol–water partition coefficient (Wildman–Crippen LogP) is 5.07. The first-order valence-corrected chi connectivity index (χ1v) is 7.89. The van der Waals surface area contributed by atoms with Crippen molar-refractivity contribution in [3.63, 3.8) is 0 Å². The number of hydrogen-bond donors (Lipinski definition) is 1. The molecule has 0 aromatic rings. The van der Waals surface area contributed by atoms with Crippen LogP contribution in [0.1, 0.15) is 90.9 Å². The minimum absolute atomic E-state index is 0.319. The molecule has 0 aliphatic heterocycles. The molecule has 1 rings (SSSR count). The molecule has 1 N–H and O–H groups in total. The van der Waals surface area contributed by atoms with Gasteiger partial charge in [0.15, 0.2) is 0 Å². The fraction of sp³-hybridized carbons (Fsp3) is 1.00. The van der Waals surface area contributed by atoms with Gasteiger partial charge >= 0.3 is 0 Å². The highest BCUT2D eigenvalue weighted by Gasteiger charge is 2.39. The molecule has 0 radical (unpaired) electrons. The molecule has 1 saturated carbocycles. The highest BCUT2D eigenvalue weighted by molar-refractivity contribution is 4.91. The lowest BCUT2D eigenvalue weighted by Crippen LogP contribution is -2.43. The third kappa shape index (κ3) is 5.90. The molecule has 0 bridgehead atoms. The summed E-state index contributed by atoms with van der Waals surface area (Å²) in [5, 5.41) is 9.90. The summed E-state index contributed by atoms with van der Waals surface area (Å²) in [5.74, 6) is 0.604. The van der Waals surface area contributed by atoms with Gasteiger partial charge in [-0.15, -0.1) is 0 Å². The molecule has 1 heteroatoms. The summed E-state index contributed by atoms with van der Waals surface area (Å²) in [5.41, 5.74) is -0.319. The van der Waals surface area contributed by atoms with Gasteiger partial charge in [-0.1, -0.05) is 64.7 Å². The smallest absolute Gasteiger partial charge is 0.0647 e. The van der Waals surface area contributed by atoms with Crippen LogP contribution in [-0.2, 0) is 0 Å². The van der Waals surface area contributed by atoms with Crippen molar-refractivity contribution in [1.29, 1.82) is 0 Å². The molecule has 17 heavy (non-hydrogen) atoms. The van der Waals surface area contributed by atoms with E-state index in [1.165, 1.54) is 70.6 Å². The normalized spacial score (nSPS) is 28.1. The van der Waals surface area contributed by atoms with E-state index in [-0.39, 0.29) is 5.60 Å². The van der Waals surface area contributed by atoms with Gasteiger partial charge in [0.25, 0.3) is 0 Å². The maximum absolute atomic E-state index is 9.90. The maximum atomic E-state index is 9.90. The summed E-state index contributed by atoms with van der Waals surface area (Å²) >= 11 is 0. The van der Waals surface area contributed by atoms with Crippen LogP contribution in [0.3, 0.4) is 0 Å². The van der Waals surface area contributed by atoms with Crippen LogP contribution in [0.25, 0.3) is 0 Å². The molecule has 0 heterocycles. The Kier molecular flexibility index (Phi) is 7.18. The van der Waals surface area contributed by atoms with Crippen LogP contribution >= 0.6 is 0 Å². The Hall–Kier alpha value is -0.0400. The van der Waals surface area contributed by atoms with Gasteiger partial charge in [0, 0.05) is 0 Å². The van der Waals surface area contributed by atoms with Crippen molar-refractivity contribution >= 4 is 0 Å². The Morgan fingerprint density at radius 1 is 0.941 bits per heavy atom. The molecule has 1 nitrogen and oxygen atoms in total. The van der Waals surface area contributed by atoms with Gasteiger partial charge in [-0.25, -0.2) is 0 Å². The van der Waals surface area contributed by atoms with Crippen LogP contribution in [-0.4, -0.2) is 10.7 Å². The zero-order valence-corrected chi connectivity index (χ0v) is 12.0. The lowest BCUT2D eigenvalue weighted by Gasteiger charge is -2.43. The maximum Gasteiger partial charge on any atom is 0.0647 e. The molecule has 0 amide bonds. The van der Waals surface area contributed by atoms with E-state index in [2.05, 4.69) is 6.92 Å². The van der Waals surface area contributed by atoms with Gasteiger partial charge in [0.1, 0.15) is 0 Å². The fourth-order valence-corrected chi connectivity index (χ4v) is 2.92. The average molecular weight is 240 g/mol. The standard InChI is InChI=1S/C16H32O/c1-3-4-5-6-7-8-9-10-11-12-15-13-14-16(15,2)17/h15,17H,3-14H2,1-2H3. The predicted molar refractivity (Wildman–Crippen MR) is 75.2 cm³/mol. The first-order valence-electron chi connectivity index (χ1n) is 7.89. The lowest BCUT2D eigenvalue weighted by molar-refractivity contribution is -0.0818. The van der Waals surface area contributed by atoms with Crippen LogP contribution in [0.4, 0.5) is 0 Å². The summed E-state index contributed by atoms with van der Waals surface area (Å²) in [6.45, 7) is 4.28. The first-order chi connectivity index (χ1) is 8.17. The summed E-state index contributed by atoms with van der Waals surface area (Å²) in [6.07, 6.45) is 16.1. The third-order valence-electron chi connectivity index (χ3n) is 4.53. The zero-order chi connectivity index (χ0) is 12.6. The largest absolute Gasteiger partial charge is 0.390 e.